The van der Waals surface area contributed by atoms with E-state index in [2.05, 4.69) is 5.32 Å². The van der Waals surface area contributed by atoms with Crippen LogP contribution in [0.5, 0.6) is 0 Å². The minimum absolute atomic E-state index is 0.321. The Morgan fingerprint density at radius 3 is 2.73 bits per heavy atom. The highest BCUT2D eigenvalue weighted by molar-refractivity contribution is 5.93. The number of carbonyl (C=O) groups excluding carboxylic acids is 1. The number of nitrogens with one attached hydrogen (secondary N) is 1. The molecule has 0 unspecified atom stereocenters. The summed E-state index contributed by atoms with van der Waals surface area (Å²) in [5.41, 5.74) is 12.3. The van der Waals surface area contributed by atoms with Crippen LogP contribution in [0, 0.1) is 0 Å². The van der Waals surface area contributed by atoms with Crippen LogP contribution in [-0.4, -0.2) is 18.0 Å². The number of benzene rings is 1. The van der Waals surface area contributed by atoms with Crippen LogP contribution in [-0.2, 0) is 0 Å². The predicted molar refractivity (Wildman–Crippen MR) is 59.6 cm³/mol. The van der Waals surface area contributed by atoms with E-state index in [1.165, 1.54) is 0 Å². The van der Waals surface area contributed by atoms with Gasteiger partial charge in [-0.2, -0.15) is 0 Å². The van der Waals surface area contributed by atoms with E-state index in [0.717, 1.165) is 18.5 Å². The van der Waals surface area contributed by atoms with Crippen LogP contribution in [0.2, 0.25) is 0 Å². The fourth-order valence-corrected chi connectivity index (χ4v) is 1.78. The lowest BCUT2D eigenvalue weighted by atomic mass is 9.87. The smallest absolute Gasteiger partial charge is 0.248 e. The maximum absolute atomic E-state index is 10.9. The molecule has 0 saturated heterocycles. The first kappa shape index (κ1) is 9.98. The molecule has 0 atom stereocenters. The lowest BCUT2D eigenvalue weighted by molar-refractivity contribution is 0.100. The molecule has 0 aliphatic heterocycles. The molecule has 80 valence electrons. The second-order valence-electron chi connectivity index (χ2n) is 4.02. The van der Waals surface area contributed by atoms with Crippen molar-refractivity contribution in [2.75, 3.05) is 5.32 Å². The van der Waals surface area contributed by atoms with E-state index in [4.69, 9.17) is 11.5 Å². The van der Waals surface area contributed by atoms with Gasteiger partial charge in [-0.05, 0) is 31.0 Å². The number of anilines is 1. The van der Waals surface area contributed by atoms with E-state index < -0.39 is 5.91 Å². The average molecular weight is 205 g/mol. The Balaban J connectivity index is 2.02. The van der Waals surface area contributed by atoms with E-state index in [1.807, 2.05) is 12.1 Å². The van der Waals surface area contributed by atoms with Gasteiger partial charge in [-0.3, -0.25) is 4.79 Å². The van der Waals surface area contributed by atoms with Crippen LogP contribution in [0.1, 0.15) is 23.2 Å². The Morgan fingerprint density at radius 2 is 2.13 bits per heavy atom. The zero-order valence-corrected chi connectivity index (χ0v) is 8.44. The van der Waals surface area contributed by atoms with E-state index in [0.29, 0.717) is 17.6 Å². The number of rotatable bonds is 3. The molecule has 1 aromatic carbocycles. The molecule has 1 aromatic rings. The number of nitrogens with two attached hydrogens (primary N) is 2. The van der Waals surface area contributed by atoms with Crippen molar-refractivity contribution in [1.82, 2.24) is 0 Å². The molecule has 1 aliphatic carbocycles. The van der Waals surface area contributed by atoms with Crippen LogP contribution < -0.4 is 16.8 Å². The molecule has 0 spiro atoms. The molecule has 2 rings (SSSR count). The zero-order valence-electron chi connectivity index (χ0n) is 8.44. The molecular formula is C11H15N3O. The second-order valence-corrected chi connectivity index (χ2v) is 4.02. The molecule has 0 heterocycles. The Labute approximate surface area is 88.6 Å². The van der Waals surface area contributed by atoms with Crippen LogP contribution >= 0.6 is 0 Å². The van der Waals surface area contributed by atoms with Gasteiger partial charge in [0.25, 0.3) is 0 Å². The Bertz CT molecular complexity index is 372. The van der Waals surface area contributed by atoms with Crippen molar-refractivity contribution in [2.24, 2.45) is 11.5 Å². The summed E-state index contributed by atoms with van der Waals surface area (Å²) in [6, 6.07) is 7.98. The van der Waals surface area contributed by atoms with Crippen molar-refractivity contribution in [3.8, 4) is 0 Å². The molecule has 0 radical (unpaired) electrons. The lowest BCUT2D eigenvalue weighted by Crippen LogP contribution is -2.44. The van der Waals surface area contributed by atoms with Gasteiger partial charge in [0.15, 0.2) is 0 Å². The Hall–Kier alpha value is -1.55. The lowest BCUT2D eigenvalue weighted by Gasteiger charge is -2.33. The van der Waals surface area contributed by atoms with Crippen molar-refractivity contribution in [3.63, 3.8) is 0 Å². The van der Waals surface area contributed by atoms with Crippen molar-refractivity contribution in [3.05, 3.63) is 29.8 Å². The summed E-state index contributed by atoms with van der Waals surface area (Å²) in [6.45, 7) is 0. The van der Waals surface area contributed by atoms with Crippen LogP contribution in [0.3, 0.4) is 0 Å². The predicted octanol–water partition coefficient (Wildman–Crippen LogP) is 0.687. The minimum atomic E-state index is -0.399. The second kappa shape index (κ2) is 3.90. The van der Waals surface area contributed by atoms with Gasteiger partial charge in [0, 0.05) is 23.3 Å². The van der Waals surface area contributed by atoms with Crippen molar-refractivity contribution in [2.45, 2.75) is 24.9 Å². The fraction of sp³-hybridized carbons (Fsp3) is 0.364. The van der Waals surface area contributed by atoms with Gasteiger partial charge in [0.05, 0.1) is 0 Å². The minimum Gasteiger partial charge on any atom is -0.382 e. The summed E-state index contributed by atoms with van der Waals surface area (Å²) in [7, 11) is 0. The molecule has 0 aromatic heterocycles. The van der Waals surface area contributed by atoms with Crippen molar-refractivity contribution < 1.29 is 4.79 Å². The summed E-state index contributed by atoms with van der Waals surface area (Å²) in [5.74, 6) is -0.399. The highest BCUT2D eigenvalue weighted by Gasteiger charge is 2.25. The molecule has 0 bridgehead atoms. The summed E-state index contributed by atoms with van der Waals surface area (Å²) in [4.78, 5) is 10.9. The molecule has 1 amide bonds. The first-order valence-corrected chi connectivity index (χ1v) is 5.07. The largest absolute Gasteiger partial charge is 0.382 e. The molecule has 4 heteroatoms. The summed E-state index contributed by atoms with van der Waals surface area (Å²) >= 11 is 0. The third-order valence-corrected chi connectivity index (χ3v) is 2.69. The first-order valence-electron chi connectivity index (χ1n) is 5.07. The normalized spacial score (nSPS) is 24.3. The van der Waals surface area contributed by atoms with Crippen LogP contribution in [0.15, 0.2) is 24.3 Å². The monoisotopic (exact) mass is 205 g/mol. The number of hydrogen-bond donors (Lipinski definition) is 3. The topological polar surface area (TPSA) is 81.1 Å². The quantitative estimate of drug-likeness (QED) is 0.679. The van der Waals surface area contributed by atoms with Gasteiger partial charge in [-0.15, -0.1) is 0 Å². The molecule has 15 heavy (non-hydrogen) atoms. The summed E-state index contributed by atoms with van der Waals surface area (Å²) < 4.78 is 0. The summed E-state index contributed by atoms with van der Waals surface area (Å²) in [5, 5.41) is 3.32. The number of carbonyl (C=O) groups is 1. The number of primary amides is 1. The van der Waals surface area contributed by atoms with Gasteiger partial charge in [0.2, 0.25) is 5.91 Å². The highest BCUT2D eigenvalue weighted by atomic mass is 16.1. The van der Waals surface area contributed by atoms with Crippen LogP contribution in [0.4, 0.5) is 5.69 Å². The number of hydrogen-bond acceptors (Lipinski definition) is 3. The number of amides is 1. The zero-order chi connectivity index (χ0) is 10.8. The van der Waals surface area contributed by atoms with Gasteiger partial charge in [-0.1, -0.05) is 6.07 Å². The third kappa shape index (κ3) is 2.27. The average Bonchev–Trinajstić information content (AvgIpc) is 2.16. The maximum Gasteiger partial charge on any atom is 0.248 e. The fourth-order valence-electron chi connectivity index (χ4n) is 1.78. The molecular weight excluding hydrogens is 190 g/mol. The first-order chi connectivity index (χ1) is 7.15. The van der Waals surface area contributed by atoms with Gasteiger partial charge in [-0.25, -0.2) is 0 Å². The van der Waals surface area contributed by atoms with E-state index >= 15 is 0 Å². The van der Waals surface area contributed by atoms with Gasteiger partial charge in [0.1, 0.15) is 0 Å². The molecule has 1 aliphatic rings. The molecule has 4 nitrogen and oxygen atoms in total. The van der Waals surface area contributed by atoms with Crippen molar-refractivity contribution >= 4 is 11.6 Å². The Kier molecular flexibility index (Phi) is 2.60. The molecule has 1 fully saturated rings. The molecule has 1 saturated carbocycles. The maximum atomic E-state index is 10.9. The SMILES string of the molecule is NC(=O)c1cccc(NC2CC(N)C2)c1. The van der Waals surface area contributed by atoms with E-state index in [9.17, 15) is 4.79 Å². The highest BCUT2D eigenvalue weighted by Crippen LogP contribution is 2.22. The van der Waals surface area contributed by atoms with Crippen LogP contribution in [0.25, 0.3) is 0 Å². The van der Waals surface area contributed by atoms with Crippen molar-refractivity contribution in [1.29, 1.82) is 0 Å². The van der Waals surface area contributed by atoms with Gasteiger partial charge < -0.3 is 16.8 Å². The Morgan fingerprint density at radius 1 is 1.40 bits per heavy atom. The molecule has 5 N–H and O–H groups in total. The van der Waals surface area contributed by atoms with Gasteiger partial charge >= 0.3 is 0 Å². The van der Waals surface area contributed by atoms with E-state index in [1.54, 1.807) is 12.1 Å². The third-order valence-electron chi connectivity index (χ3n) is 2.69. The van der Waals surface area contributed by atoms with E-state index in [-0.39, 0.29) is 0 Å². The standard InChI is InChI=1S/C11H15N3O/c12-8-5-10(6-8)14-9-3-1-2-7(4-9)11(13)15/h1-4,8,10,14H,5-6,12H2,(H2,13,15). The summed E-state index contributed by atoms with van der Waals surface area (Å²) in [6.07, 6.45) is 1.97.